The van der Waals surface area contributed by atoms with Crippen molar-refractivity contribution >= 4 is 0 Å². The van der Waals surface area contributed by atoms with Gasteiger partial charge in [-0.15, -0.1) is 0 Å². The first-order valence-corrected chi connectivity index (χ1v) is 7.24. The Hall–Kier alpha value is -0.260. The van der Waals surface area contributed by atoms with E-state index in [0.717, 1.165) is 17.8 Å². The Morgan fingerprint density at radius 3 is 2.06 bits per heavy atom. The smallest absolute Gasteiger partial charge is 0.00282 e. The molecule has 0 spiro atoms. The zero-order valence-electron chi connectivity index (χ0n) is 12.6. The molecule has 0 heterocycles. The number of fused-ring (bicyclic) bond motifs is 1. The fraction of sp³-hybridized carbons (Fsp3) is 0.882. The molecule has 4 saturated carbocycles. The number of allylic oxidation sites excluding steroid dienone is 1. The van der Waals surface area contributed by atoms with Gasteiger partial charge in [-0.2, -0.15) is 0 Å². The summed E-state index contributed by atoms with van der Waals surface area (Å²) in [6.45, 7) is 22.1. The molecule has 0 N–H and O–H groups in total. The largest absolute Gasteiger partial charge is 0.0990 e. The van der Waals surface area contributed by atoms with Crippen molar-refractivity contribution in [2.24, 2.45) is 39.4 Å². The maximum absolute atomic E-state index is 4.53. The molecule has 4 aliphatic carbocycles. The minimum absolute atomic E-state index is 0.376. The molecule has 96 valence electrons. The Morgan fingerprint density at radius 1 is 1.06 bits per heavy atom. The first kappa shape index (κ1) is 11.8. The lowest BCUT2D eigenvalue weighted by Gasteiger charge is -2.70. The second kappa shape index (κ2) is 2.53. The van der Waals surface area contributed by atoms with E-state index in [1.165, 1.54) is 6.42 Å². The molecule has 4 fully saturated rings. The normalized spacial score (nSPS) is 57.8. The van der Waals surface area contributed by atoms with Gasteiger partial charge in [0.25, 0.3) is 0 Å². The maximum atomic E-state index is 4.53. The van der Waals surface area contributed by atoms with Crippen LogP contribution in [0.3, 0.4) is 0 Å². The average Bonchev–Trinajstić information content (AvgIpc) is 2.53. The molecular weight excluding hydrogens is 204 g/mol. The Kier molecular flexibility index (Phi) is 1.76. The molecule has 17 heavy (non-hydrogen) atoms. The van der Waals surface area contributed by atoms with Gasteiger partial charge in [0.15, 0.2) is 0 Å². The molecule has 0 heteroatoms. The van der Waals surface area contributed by atoms with E-state index in [-0.39, 0.29) is 0 Å². The predicted molar refractivity (Wildman–Crippen MR) is 73.7 cm³/mol. The van der Waals surface area contributed by atoms with E-state index in [1.54, 1.807) is 5.57 Å². The van der Waals surface area contributed by atoms with Gasteiger partial charge in [-0.3, -0.25) is 0 Å². The highest BCUT2D eigenvalue weighted by molar-refractivity contribution is 5.41. The van der Waals surface area contributed by atoms with Crippen molar-refractivity contribution in [1.82, 2.24) is 0 Å². The minimum atomic E-state index is 0.376. The first-order chi connectivity index (χ1) is 7.54. The zero-order valence-corrected chi connectivity index (χ0v) is 12.6. The third kappa shape index (κ3) is 0.755. The molecule has 0 nitrogen and oxygen atoms in total. The van der Waals surface area contributed by atoms with Gasteiger partial charge in [-0.05, 0) is 45.8 Å². The van der Waals surface area contributed by atoms with Crippen LogP contribution in [0.25, 0.3) is 0 Å². The first-order valence-electron chi connectivity index (χ1n) is 7.24. The Bertz CT molecular complexity index is 414. The minimum Gasteiger partial charge on any atom is -0.0990 e. The summed E-state index contributed by atoms with van der Waals surface area (Å²) in [5, 5.41) is 0. The number of rotatable bonds is 0. The van der Waals surface area contributed by atoms with Crippen LogP contribution in [0.15, 0.2) is 12.2 Å². The second-order valence-corrected chi connectivity index (χ2v) is 8.46. The van der Waals surface area contributed by atoms with Crippen LogP contribution in [0.4, 0.5) is 0 Å². The Balaban J connectivity index is 2.34. The third-order valence-corrected chi connectivity index (χ3v) is 8.69. The molecule has 0 aromatic carbocycles. The molecular formula is C17H28. The van der Waals surface area contributed by atoms with Crippen LogP contribution < -0.4 is 0 Å². The van der Waals surface area contributed by atoms with Gasteiger partial charge < -0.3 is 0 Å². The maximum Gasteiger partial charge on any atom is -0.00282 e. The van der Waals surface area contributed by atoms with Crippen LogP contribution in [0.2, 0.25) is 0 Å². The van der Waals surface area contributed by atoms with Crippen LogP contribution in [-0.4, -0.2) is 0 Å². The lowest BCUT2D eigenvalue weighted by molar-refractivity contribution is -0.223. The summed E-state index contributed by atoms with van der Waals surface area (Å²) < 4.78 is 0. The molecule has 0 radical (unpaired) electrons. The van der Waals surface area contributed by atoms with Crippen molar-refractivity contribution in [3.8, 4) is 0 Å². The van der Waals surface area contributed by atoms with Crippen LogP contribution in [0, 0.1) is 39.4 Å². The molecule has 0 amide bonds. The third-order valence-electron chi connectivity index (χ3n) is 8.69. The van der Waals surface area contributed by atoms with Gasteiger partial charge in [0.05, 0.1) is 0 Å². The highest BCUT2D eigenvalue weighted by Crippen LogP contribution is 2.86. The highest BCUT2D eigenvalue weighted by atomic mass is 14.8. The molecule has 5 atom stereocenters. The standard InChI is InChI=1S/C17H28/c1-10-12-9-13-11(2)16(12,7)15(5,6)17(13,8)14(10,3)4/h10,12-13H,2,9H2,1,3-8H3. The molecule has 5 unspecified atom stereocenters. The van der Waals surface area contributed by atoms with Crippen molar-refractivity contribution in [3.63, 3.8) is 0 Å². The number of hydrogen-bond donors (Lipinski definition) is 0. The van der Waals surface area contributed by atoms with Crippen LogP contribution >= 0.6 is 0 Å². The predicted octanol–water partition coefficient (Wildman–Crippen LogP) is 4.91. The van der Waals surface area contributed by atoms with Crippen molar-refractivity contribution in [3.05, 3.63) is 12.2 Å². The van der Waals surface area contributed by atoms with Gasteiger partial charge in [0.2, 0.25) is 0 Å². The SMILES string of the molecule is C=C1C2CC3C(C)C(C)(C)C2(C)C(C)(C)C13C. The highest BCUT2D eigenvalue weighted by Gasteiger charge is 2.80. The lowest BCUT2D eigenvalue weighted by atomic mass is 9.34. The molecule has 0 saturated heterocycles. The van der Waals surface area contributed by atoms with Crippen molar-refractivity contribution < 1.29 is 0 Å². The summed E-state index contributed by atoms with van der Waals surface area (Å²) in [4.78, 5) is 0. The zero-order chi connectivity index (χ0) is 13.0. The van der Waals surface area contributed by atoms with Crippen molar-refractivity contribution in [1.29, 1.82) is 0 Å². The van der Waals surface area contributed by atoms with Gasteiger partial charge in [-0.25, -0.2) is 0 Å². The van der Waals surface area contributed by atoms with Gasteiger partial charge in [0, 0.05) is 0 Å². The van der Waals surface area contributed by atoms with E-state index in [1.807, 2.05) is 0 Å². The fourth-order valence-electron chi connectivity index (χ4n) is 6.59. The van der Waals surface area contributed by atoms with Gasteiger partial charge >= 0.3 is 0 Å². The molecule has 0 aliphatic heterocycles. The Morgan fingerprint density at radius 2 is 1.59 bits per heavy atom. The fourth-order valence-corrected chi connectivity index (χ4v) is 6.59. The quantitative estimate of drug-likeness (QED) is 0.521. The van der Waals surface area contributed by atoms with E-state index >= 15 is 0 Å². The van der Waals surface area contributed by atoms with E-state index < -0.39 is 0 Å². The monoisotopic (exact) mass is 232 g/mol. The topological polar surface area (TPSA) is 0 Å². The molecule has 4 bridgehead atoms. The van der Waals surface area contributed by atoms with E-state index in [9.17, 15) is 0 Å². The Labute approximate surface area is 107 Å². The summed E-state index contributed by atoms with van der Waals surface area (Å²) >= 11 is 0. The van der Waals surface area contributed by atoms with Crippen LogP contribution in [0.1, 0.15) is 54.9 Å². The summed E-state index contributed by atoms with van der Waals surface area (Å²) in [7, 11) is 0. The summed E-state index contributed by atoms with van der Waals surface area (Å²) in [6.07, 6.45) is 1.40. The second-order valence-electron chi connectivity index (χ2n) is 8.46. The molecule has 0 aromatic rings. The molecule has 0 aromatic heterocycles. The van der Waals surface area contributed by atoms with Crippen molar-refractivity contribution in [2.75, 3.05) is 0 Å². The summed E-state index contributed by atoms with van der Waals surface area (Å²) in [5.74, 6) is 2.44. The van der Waals surface area contributed by atoms with E-state index in [0.29, 0.717) is 21.7 Å². The van der Waals surface area contributed by atoms with Crippen LogP contribution in [0.5, 0.6) is 0 Å². The molecule has 4 rings (SSSR count). The lowest BCUT2D eigenvalue weighted by Crippen LogP contribution is -2.64. The van der Waals surface area contributed by atoms with Crippen LogP contribution in [-0.2, 0) is 0 Å². The average molecular weight is 232 g/mol. The van der Waals surface area contributed by atoms with Crippen molar-refractivity contribution in [2.45, 2.75) is 54.9 Å². The van der Waals surface area contributed by atoms with E-state index in [4.69, 9.17) is 0 Å². The number of hydrogen-bond acceptors (Lipinski definition) is 0. The molecule has 4 aliphatic rings. The van der Waals surface area contributed by atoms with E-state index in [2.05, 4.69) is 55.0 Å². The summed E-state index contributed by atoms with van der Waals surface area (Å²) in [6, 6.07) is 0. The van der Waals surface area contributed by atoms with Gasteiger partial charge in [0.1, 0.15) is 0 Å². The summed E-state index contributed by atoms with van der Waals surface area (Å²) in [5.41, 5.74) is 3.19. The van der Waals surface area contributed by atoms with Gasteiger partial charge in [-0.1, -0.05) is 60.6 Å².